The summed E-state index contributed by atoms with van der Waals surface area (Å²) in [6, 6.07) is 9.06. The van der Waals surface area contributed by atoms with E-state index < -0.39 is 6.04 Å². The maximum absolute atomic E-state index is 11.3. The molecule has 4 nitrogen and oxygen atoms in total. The molecule has 0 aromatic heterocycles. The lowest BCUT2D eigenvalue weighted by Crippen LogP contribution is -2.42. The predicted molar refractivity (Wildman–Crippen MR) is 60.7 cm³/mol. The SMILES string of the molecule is NC(=O)C(NC[C@@H]1CCO1)c1ccccc1. The van der Waals surface area contributed by atoms with E-state index in [-0.39, 0.29) is 12.0 Å². The number of ether oxygens (including phenoxy) is 1. The highest BCUT2D eigenvalue weighted by Gasteiger charge is 2.22. The minimum atomic E-state index is -0.426. The summed E-state index contributed by atoms with van der Waals surface area (Å²) in [4.78, 5) is 11.3. The number of carbonyl (C=O) groups excluding carboxylic acids is 1. The maximum atomic E-state index is 11.3. The second kappa shape index (κ2) is 5.09. The summed E-state index contributed by atoms with van der Waals surface area (Å²) < 4.78 is 5.28. The minimum absolute atomic E-state index is 0.227. The molecule has 1 aliphatic rings. The first-order valence-corrected chi connectivity index (χ1v) is 5.46. The Kier molecular flexibility index (Phi) is 3.54. The number of rotatable bonds is 5. The number of nitrogens with one attached hydrogen (secondary N) is 1. The Hall–Kier alpha value is -1.39. The molecule has 0 aliphatic carbocycles. The lowest BCUT2D eigenvalue weighted by Gasteiger charge is -2.28. The van der Waals surface area contributed by atoms with Crippen LogP contribution in [0.1, 0.15) is 18.0 Å². The first-order chi connectivity index (χ1) is 7.77. The molecule has 1 aliphatic heterocycles. The zero-order chi connectivity index (χ0) is 11.4. The Labute approximate surface area is 94.8 Å². The van der Waals surface area contributed by atoms with Gasteiger partial charge in [0.15, 0.2) is 0 Å². The Bertz CT molecular complexity index is 349. The molecule has 1 heterocycles. The zero-order valence-corrected chi connectivity index (χ0v) is 9.06. The summed E-state index contributed by atoms with van der Waals surface area (Å²) in [7, 11) is 0. The van der Waals surface area contributed by atoms with Crippen LogP contribution in [0.2, 0.25) is 0 Å². The van der Waals surface area contributed by atoms with E-state index in [2.05, 4.69) is 5.32 Å². The van der Waals surface area contributed by atoms with Gasteiger partial charge in [0.2, 0.25) is 5.91 Å². The van der Waals surface area contributed by atoms with Crippen molar-refractivity contribution in [2.45, 2.75) is 18.6 Å². The summed E-state index contributed by atoms with van der Waals surface area (Å²) in [5.74, 6) is -0.356. The molecular formula is C12H16N2O2. The Morgan fingerprint density at radius 2 is 2.19 bits per heavy atom. The molecule has 1 unspecified atom stereocenters. The van der Waals surface area contributed by atoms with Gasteiger partial charge in [-0.3, -0.25) is 10.1 Å². The highest BCUT2D eigenvalue weighted by Crippen LogP contribution is 2.14. The van der Waals surface area contributed by atoms with Gasteiger partial charge < -0.3 is 10.5 Å². The van der Waals surface area contributed by atoms with Crippen LogP contribution in [0.5, 0.6) is 0 Å². The fourth-order valence-corrected chi connectivity index (χ4v) is 1.72. The number of benzene rings is 1. The summed E-state index contributed by atoms with van der Waals surface area (Å²) in [5.41, 5.74) is 6.27. The average molecular weight is 220 g/mol. The van der Waals surface area contributed by atoms with Gasteiger partial charge in [-0.25, -0.2) is 0 Å². The van der Waals surface area contributed by atoms with Crippen LogP contribution < -0.4 is 11.1 Å². The van der Waals surface area contributed by atoms with Gasteiger partial charge in [0, 0.05) is 13.2 Å². The third kappa shape index (κ3) is 2.59. The molecule has 1 aromatic carbocycles. The van der Waals surface area contributed by atoms with Gasteiger partial charge in [-0.1, -0.05) is 30.3 Å². The van der Waals surface area contributed by atoms with Crippen molar-refractivity contribution in [1.82, 2.24) is 5.32 Å². The zero-order valence-electron chi connectivity index (χ0n) is 9.06. The molecular weight excluding hydrogens is 204 g/mol. The highest BCUT2D eigenvalue weighted by molar-refractivity contribution is 5.81. The van der Waals surface area contributed by atoms with Crippen LogP contribution in [0.4, 0.5) is 0 Å². The molecule has 2 atom stereocenters. The molecule has 2 rings (SSSR count). The fourth-order valence-electron chi connectivity index (χ4n) is 1.72. The number of nitrogens with two attached hydrogens (primary N) is 1. The predicted octanol–water partition coefficient (Wildman–Crippen LogP) is 0.591. The summed E-state index contributed by atoms with van der Waals surface area (Å²) in [6.07, 6.45) is 1.28. The molecule has 0 saturated carbocycles. The van der Waals surface area contributed by atoms with E-state index in [4.69, 9.17) is 10.5 Å². The van der Waals surface area contributed by atoms with E-state index in [1.165, 1.54) is 0 Å². The van der Waals surface area contributed by atoms with Crippen LogP contribution in [0, 0.1) is 0 Å². The van der Waals surface area contributed by atoms with Crippen molar-refractivity contribution in [2.75, 3.05) is 13.2 Å². The normalized spacial score (nSPS) is 21.1. The van der Waals surface area contributed by atoms with Crippen LogP contribution in [-0.2, 0) is 9.53 Å². The standard InChI is InChI=1S/C12H16N2O2/c13-12(15)11(9-4-2-1-3-5-9)14-8-10-6-7-16-10/h1-5,10-11,14H,6-8H2,(H2,13,15)/t10-,11?/m0/s1. The van der Waals surface area contributed by atoms with Gasteiger partial charge in [0.25, 0.3) is 0 Å². The van der Waals surface area contributed by atoms with Crippen molar-refractivity contribution < 1.29 is 9.53 Å². The van der Waals surface area contributed by atoms with Gasteiger partial charge in [-0.15, -0.1) is 0 Å². The molecule has 3 N–H and O–H groups in total. The van der Waals surface area contributed by atoms with Gasteiger partial charge in [-0.05, 0) is 12.0 Å². The number of carbonyl (C=O) groups is 1. The molecule has 0 spiro atoms. The number of hydrogen-bond donors (Lipinski definition) is 2. The molecule has 1 amide bonds. The van der Waals surface area contributed by atoms with Crippen molar-refractivity contribution in [1.29, 1.82) is 0 Å². The smallest absolute Gasteiger partial charge is 0.239 e. The lowest BCUT2D eigenvalue weighted by molar-refractivity contribution is -0.120. The Morgan fingerprint density at radius 1 is 1.50 bits per heavy atom. The van der Waals surface area contributed by atoms with Crippen LogP contribution >= 0.6 is 0 Å². The first-order valence-electron chi connectivity index (χ1n) is 5.46. The molecule has 1 aromatic rings. The van der Waals surface area contributed by atoms with E-state index in [9.17, 15) is 4.79 Å². The van der Waals surface area contributed by atoms with Gasteiger partial charge >= 0.3 is 0 Å². The summed E-state index contributed by atoms with van der Waals surface area (Å²) in [5, 5.41) is 3.14. The molecule has 86 valence electrons. The third-order valence-corrected chi connectivity index (χ3v) is 2.76. The van der Waals surface area contributed by atoms with Crippen molar-refractivity contribution >= 4 is 5.91 Å². The van der Waals surface area contributed by atoms with Crippen LogP contribution in [0.15, 0.2) is 30.3 Å². The quantitative estimate of drug-likeness (QED) is 0.763. The minimum Gasteiger partial charge on any atom is -0.377 e. The number of hydrogen-bond acceptors (Lipinski definition) is 3. The second-order valence-electron chi connectivity index (χ2n) is 3.94. The van der Waals surface area contributed by atoms with Gasteiger partial charge in [0.05, 0.1) is 6.10 Å². The molecule has 0 bridgehead atoms. The van der Waals surface area contributed by atoms with E-state index in [0.717, 1.165) is 18.6 Å². The van der Waals surface area contributed by atoms with E-state index >= 15 is 0 Å². The van der Waals surface area contributed by atoms with Gasteiger partial charge in [-0.2, -0.15) is 0 Å². The molecule has 4 heteroatoms. The fraction of sp³-hybridized carbons (Fsp3) is 0.417. The van der Waals surface area contributed by atoms with Crippen molar-refractivity contribution in [3.63, 3.8) is 0 Å². The largest absolute Gasteiger partial charge is 0.377 e. The van der Waals surface area contributed by atoms with E-state index in [1.54, 1.807) is 0 Å². The monoisotopic (exact) mass is 220 g/mol. The Balaban J connectivity index is 1.96. The van der Waals surface area contributed by atoms with E-state index in [1.807, 2.05) is 30.3 Å². The third-order valence-electron chi connectivity index (χ3n) is 2.76. The van der Waals surface area contributed by atoms with Crippen LogP contribution in [-0.4, -0.2) is 25.2 Å². The van der Waals surface area contributed by atoms with Crippen LogP contribution in [0.3, 0.4) is 0 Å². The van der Waals surface area contributed by atoms with Crippen molar-refractivity contribution in [2.24, 2.45) is 5.73 Å². The van der Waals surface area contributed by atoms with Crippen LogP contribution in [0.25, 0.3) is 0 Å². The summed E-state index contributed by atoms with van der Waals surface area (Å²) in [6.45, 7) is 1.49. The van der Waals surface area contributed by atoms with Crippen molar-refractivity contribution in [3.05, 3.63) is 35.9 Å². The Morgan fingerprint density at radius 3 is 2.69 bits per heavy atom. The topological polar surface area (TPSA) is 64.4 Å². The van der Waals surface area contributed by atoms with Crippen molar-refractivity contribution in [3.8, 4) is 0 Å². The molecule has 16 heavy (non-hydrogen) atoms. The van der Waals surface area contributed by atoms with E-state index in [0.29, 0.717) is 6.54 Å². The highest BCUT2D eigenvalue weighted by atomic mass is 16.5. The first kappa shape index (κ1) is 11.1. The average Bonchev–Trinajstić information content (AvgIpc) is 2.22. The number of amides is 1. The maximum Gasteiger partial charge on any atom is 0.239 e. The lowest BCUT2D eigenvalue weighted by atomic mass is 10.1. The second-order valence-corrected chi connectivity index (χ2v) is 3.94. The molecule has 1 saturated heterocycles. The molecule has 0 radical (unpaired) electrons. The number of primary amides is 1. The van der Waals surface area contributed by atoms with Gasteiger partial charge in [0.1, 0.15) is 6.04 Å². The molecule has 1 fully saturated rings. The summed E-state index contributed by atoms with van der Waals surface area (Å²) >= 11 is 0.